The smallest absolute Gasteiger partial charge is 0.261 e. The van der Waals surface area contributed by atoms with Crippen molar-refractivity contribution in [2.24, 2.45) is 0 Å². The maximum Gasteiger partial charge on any atom is 0.261 e. The van der Waals surface area contributed by atoms with Gasteiger partial charge in [-0.25, -0.2) is 4.98 Å². The highest BCUT2D eigenvalue weighted by atomic mass is 32.1. The van der Waals surface area contributed by atoms with Crippen LogP contribution in [-0.4, -0.2) is 15.9 Å². The van der Waals surface area contributed by atoms with Crippen LogP contribution in [0.1, 0.15) is 28.5 Å². The molecule has 0 fully saturated rings. The van der Waals surface area contributed by atoms with Gasteiger partial charge in [-0.15, -0.1) is 0 Å². The fourth-order valence-corrected chi connectivity index (χ4v) is 4.84. The van der Waals surface area contributed by atoms with Gasteiger partial charge < -0.3 is 0 Å². The van der Waals surface area contributed by atoms with Gasteiger partial charge >= 0.3 is 0 Å². The van der Waals surface area contributed by atoms with Gasteiger partial charge in [0.1, 0.15) is 0 Å². The Morgan fingerprint density at radius 1 is 0.935 bits per heavy atom. The van der Waals surface area contributed by atoms with Crippen LogP contribution in [0.5, 0.6) is 0 Å². The van der Waals surface area contributed by atoms with Crippen molar-refractivity contribution in [3.05, 3.63) is 102 Å². The highest BCUT2D eigenvalue weighted by Gasteiger charge is 2.24. The van der Waals surface area contributed by atoms with Crippen LogP contribution in [0.15, 0.2) is 85.1 Å². The van der Waals surface area contributed by atoms with Gasteiger partial charge in [-0.05, 0) is 47.0 Å². The van der Waals surface area contributed by atoms with E-state index in [1.54, 1.807) is 22.4 Å². The number of para-hydroxylation sites is 1. The van der Waals surface area contributed by atoms with Crippen molar-refractivity contribution < 1.29 is 4.79 Å². The number of pyridine rings is 1. The van der Waals surface area contributed by atoms with Gasteiger partial charge in [0, 0.05) is 11.8 Å². The predicted octanol–water partition coefficient (Wildman–Crippen LogP) is 6.25. The number of hydrogen-bond acceptors (Lipinski definition) is 4. The second kappa shape index (κ2) is 8.28. The summed E-state index contributed by atoms with van der Waals surface area (Å²) in [5.74, 6) is -0.0699. The third kappa shape index (κ3) is 3.68. The van der Waals surface area contributed by atoms with Gasteiger partial charge in [-0.1, -0.05) is 72.9 Å². The van der Waals surface area contributed by atoms with E-state index < -0.39 is 0 Å². The minimum Gasteiger partial charge on any atom is -0.278 e. The van der Waals surface area contributed by atoms with E-state index in [-0.39, 0.29) is 5.91 Å². The molecule has 2 heterocycles. The molecule has 1 amide bonds. The van der Waals surface area contributed by atoms with Crippen LogP contribution in [0.3, 0.4) is 0 Å². The van der Waals surface area contributed by atoms with Gasteiger partial charge in [0.2, 0.25) is 0 Å². The number of carbonyl (C=O) groups is 1. The molecular formula is C26H21N3OS. The lowest BCUT2D eigenvalue weighted by Crippen LogP contribution is -2.30. The highest BCUT2D eigenvalue weighted by molar-refractivity contribution is 7.22. The Hall–Kier alpha value is -3.57. The summed E-state index contributed by atoms with van der Waals surface area (Å²) in [5, 5.41) is 2.68. The van der Waals surface area contributed by atoms with E-state index in [2.05, 4.69) is 30.1 Å². The lowest BCUT2D eigenvalue weighted by atomic mass is 10.0. The largest absolute Gasteiger partial charge is 0.278 e. The van der Waals surface area contributed by atoms with Gasteiger partial charge in [0.05, 0.1) is 22.5 Å². The van der Waals surface area contributed by atoms with Crippen LogP contribution in [0.2, 0.25) is 0 Å². The van der Waals surface area contributed by atoms with Crippen LogP contribution in [-0.2, 0) is 13.0 Å². The number of fused-ring (bicyclic) bond motifs is 2. The minimum absolute atomic E-state index is 0.0699. The van der Waals surface area contributed by atoms with Crippen molar-refractivity contribution in [2.45, 2.75) is 19.9 Å². The molecule has 4 nitrogen and oxygen atoms in total. The van der Waals surface area contributed by atoms with Crippen molar-refractivity contribution >= 4 is 43.4 Å². The molecule has 5 aromatic rings. The molecule has 0 radical (unpaired) electrons. The molecule has 5 heteroatoms. The molecule has 0 N–H and O–H groups in total. The lowest BCUT2D eigenvalue weighted by molar-refractivity contribution is 0.0986. The molecular weight excluding hydrogens is 402 g/mol. The van der Waals surface area contributed by atoms with Crippen LogP contribution in [0, 0.1) is 0 Å². The SMILES string of the molecule is CCc1cccc2sc(N(Cc3ccccn3)C(=O)c3cccc4ccccc34)nc12. The molecule has 0 aliphatic carbocycles. The predicted molar refractivity (Wildman–Crippen MR) is 128 cm³/mol. The van der Waals surface area contributed by atoms with Crippen molar-refractivity contribution in [3.8, 4) is 0 Å². The van der Waals surface area contributed by atoms with Crippen LogP contribution < -0.4 is 4.90 Å². The molecule has 2 aromatic heterocycles. The zero-order valence-electron chi connectivity index (χ0n) is 17.2. The number of hydrogen-bond donors (Lipinski definition) is 0. The number of aromatic nitrogens is 2. The number of rotatable bonds is 5. The molecule has 0 spiro atoms. The zero-order valence-corrected chi connectivity index (χ0v) is 18.0. The van der Waals surface area contributed by atoms with Gasteiger partial charge in [0.25, 0.3) is 5.91 Å². The molecule has 0 saturated carbocycles. The van der Waals surface area contributed by atoms with E-state index in [1.165, 1.54) is 5.56 Å². The van der Waals surface area contributed by atoms with Crippen LogP contribution in [0.25, 0.3) is 21.0 Å². The maximum atomic E-state index is 13.9. The molecule has 31 heavy (non-hydrogen) atoms. The van der Waals surface area contributed by atoms with E-state index in [9.17, 15) is 4.79 Å². The molecule has 0 aliphatic heterocycles. The van der Waals surface area contributed by atoms with Crippen molar-refractivity contribution in [1.29, 1.82) is 0 Å². The summed E-state index contributed by atoms with van der Waals surface area (Å²) in [6.07, 6.45) is 2.65. The van der Waals surface area contributed by atoms with E-state index >= 15 is 0 Å². The number of nitrogens with zero attached hydrogens (tertiary/aromatic N) is 3. The third-order valence-electron chi connectivity index (χ3n) is 5.41. The zero-order chi connectivity index (χ0) is 21.2. The monoisotopic (exact) mass is 423 g/mol. The molecule has 0 aliphatic rings. The molecule has 5 rings (SSSR count). The van der Waals surface area contributed by atoms with Crippen molar-refractivity contribution in [1.82, 2.24) is 9.97 Å². The molecule has 0 bridgehead atoms. The Kier molecular flexibility index (Phi) is 5.18. The molecule has 0 atom stereocenters. The molecule has 0 saturated heterocycles. The fourth-order valence-electron chi connectivity index (χ4n) is 3.83. The van der Waals surface area contributed by atoms with E-state index in [0.29, 0.717) is 17.2 Å². The first-order valence-corrected chi connectivity index (χ1v) is 11.1. The Labute approximate surface area is 184 Å². The molecule has 3 aromatic carbocycles. The number of aryl methyl sites for hydroxylation is 1. The Morgan fingerprint density at radius 2 is 1.74 bits per heavy atom. The first-order chi connectivity index (χ1) is 15.2. The summed E-state index contributed by atoms with van der Waals surface area (Å²) in [5.41, 5.74) is 3.66. The maximum absolute atomic E-state index is 13.9. The van der Waals surface area contributed by atoms with Gasteiger partial charge in [-0.3, -0.25) is 14.7 Å². The third-order valence-corrected chi connectivity index (χ3v) is 6.46. The van der Waals surface area contributed by atoms with E-state index in [4.69, 9.17) is 4.98 Å². The minimum atomic E-state index is -0.0699. The number of anilines is 1. The van der Waals surface area contributed by atoms with Crippen LogP contribution >= 0.6 is 11.3 Å². The summed E-state index contributed by atoms with van der Waals surface area (Å²) in [6.45, 7) is 2.49. The summed E-state index contributed by atoms with van der Waals surface area (Å²) in [6, 6.07) is 25.8. The number of carbonyl (C=O) groups excluding carboxylic acids is 1. The Bertz CT molecular complexity index is 1370. The van der Waals surface area contributed by atoms with Gasteiger partial charge in [-0.2, -0.15) is 0 Å². The van der Waals surface area contributed by atoms with Gasteiger partial charge in [0.15, 0.2) is 5.13 Å². The topological polar surface area (TPSA) is 46.1 Å². The van der Waals surface area contributed by atoms with Crippen molar-refractivity contribution in [2.75, 3.05) is 4.90 Å². The quantitative estimate of drug-likeness (QED) is 0.335. The summed E-state index contributed by atoms with van der Waals surface area (Å²) in [4.78, 5) is 25.0. The first-order valence-electron chi connectivity index (χ1n) is 10.3. The number of thiazole rings is 1. The normalized spacial score (nSPS) is 11.1. The summed E-state index contributed by atoms with van der Waals surface area (Å²) in [7, 11) is 0. The fraction of sp³-hybridized carbons (Fsp3) is 0.115. The second-order valence-electron chi connectivity index (χ2n) is 7.35. The lowest BCUT2D eigenvalue weighted by Gasteiger charge is -2.20. The summed E-state index contributed by atoms with van der Waals surface area (Å²) < 4.78 is 1.09. The van der Waals surface area contributed by atoms with E-state index in [1.807, 2.05) is 60.7 Å². The van der Waals surface area contributed by atoms with E-state index in [0.717, 1.165) is 33.1 Å². The second-order valence-corrected chi connectivity index (χ2v) is 8.36. The number of amides is 1. The molecule has 0 unspecified atom stereocenters. The standard InChI is InChI=1S/C26H21N3OS/c1-2-18-10-8-15-23-24(18)28-26(31-23)29(17-20-12-5-6-16-27-20)25(30)22-14-7-11-19-9-3-4-13-21(19)22/h3-16H,2,17H2,1H3. The summed E-state index contributed by atoms with van der Waals surface area (Å²) >= 11 is 1.55. The highest BCUT2D eigenvalue weighted by Crippen LogP contribution is 2.33. The van der Waals surface area contributed by atoms with Crippen LogP contribution in [0.4, 0.5) is 5.13 Å². The van der Waals surface area contributed by atoms with Crippen molar-refractivity contribution in [3.63, 3.8) is 0 Å². The Morgan fingerprint density at radius 3 is 2.58 bits per heavy atom. The number of benzene rings is 3. The molecule has 152 valence electrons. The first kappa shape index (κ1) is 19.4. The average molecular weight is 424 g/mol. The average Bonchev–Trinajstić information content (AvgIpc) is 3.26. The Balaban J connectivity index is 1.65.